The predicted octanol–water partition coefficient (Wildman–Crippen LogP) is 3.91. The van der Waals surface area contributed by atoms with Crippen molar-refractivity contribution < 1.29 is 4.79 Å². The number of carbonyl (C=O) groups is 1. The number of imidazole rings is 1. The third-order valence-electron chi connectivity index (χ3n) is 3.84. The highest BCUT2D eigenvalue weighted by Crippen LogP contribution is 2.22. The molecule has 0 aliphatic carbocycles. The summed E-state index contributed by atoms with van der Waals surface area (Å²) in [5.74, 6) is 1.16. The fourth-order valence-electron chi connectivity index (χ4n) is 2.67. The molecule has 0 N–H and O–H groups in total. The number of para-hydroxylation sites is 2. The molecule has 0 unspecified atom stereocenters. The molecule has 0 spiro atoms. The zero-order valence-electron chi connectivity index (χ0n) is 13.2. The second-order valence-electron chi connectivity index (χ2n) is 5.81. The summed E-state index contributed by atoms with van der Waals surface area (Å²) in [6, 6.07) is 16.7. The maximum Gasteiger partial charge on any atom is 0.182 e. The van der Waals surface area contributed by atoms with Crippen molar-refractivity contribution in [3.05, 3.63) is 65.5 Å². The maximum atomic E-state index is 12.6. The molecule has 0 atom stereocenters. The summed E-state index contributed by atoms with van der Waals surface area (Å²) in [5.41, 5.74) is 3.04. The third kappa shape index (κ3) is 2.86. The van der Waals surface area contributed by atoms with Gasteiger partial charge in [0.05, 0.1) is 29.2 Å². The predicted molar refractivity (Wildman–Crippen MR) is 89.3 cm³/mol. The van der Waals surface area contributed by atoms with Crippen LogP contribution >= 0.6 is 0 Å². The number of nitriles is 1. The molecule has 0 aliphatic rings. The van der Waals surface area contributed by atoms with E-state index < -0.39 is 0 Å². The fraction of sp³-hybridized carbons (Fsp3) is 0.211. The van der Waals surface area contributed by atoms with Gasteiger partial charge in [0.2, 0.25) is 0 Å². The van der Waals surface area contributed by atoms with Crippen molar-refractivity contribution in [3.8, 4) is 6.07 Å². The normalized spacial score (nSPS) is 10.9. The molecule has 3 rings (SSSR count). The zero-order valence-corrected chi connectivity index (χ0v) is 13.2. The molecule has 0 saturated carbocycles. The van der Waals surface area contributed by atoms with Crippen molar-refractivity contribution >= 4 is 16.8 Å². The van der Waals surface area contributed by atoms with Gasteiger partial charge in [-0.25, -0.2) is 4.98 Å². The van der Waals surface area contributed by atoms with Gasteiger partial charge in [-0.1, -0.05) is 38.1 Å². The number of hydrogen-bond donors (Lipinski definition) is 0. The highest BCUT2D eigenvalue weighted by atomic mass is 16.1. The Hall–Kier alpha value is -2.93. The van der Waals surface area contributed by atoms with E-state index in [1.54, 1.807) is 24.3 Å². The van der Waals surface area contributed by atoms with Gasteiger partial charge in [-0.3, -0.25) is 4.79 Å². The summed E-state index contributed by atoms with van der Waals surface area (Å²) in [6.07, 6.45) is 0. The third-order valence-corrected chi connectivity index (χ3v) is 3.84. The minimum Gasteiger partial charge on any atom is -0.320 e. The summed E-state index contributed by atoms with van der Waals surface area (Å²) in [6.45, 7) is 4.40. The fourth-order valence-corrected chi connectivity index (χ4v) is 2.67. The Morgan fingerprint density at radius 1 is 1.17 bits per heavy atom. The Kier molecular flexibility index (Phi) is 3.94. The van der Waals surface area contributed by atoms with Crippen molar-refractivity contribution in [1.82, 2.24) is 9.55 Å². The van der Waals surface area contributed by atoms with Crippen LogP contribution in [0.25, 0.3) is 11.0 Å². The smallest absolute Gasteiger partial charge is 0.182 e. The van der Waals surface area contributed by atoms with E-state index in [1.165, 1.54) is 0 Å². The molecular weight excluding hydrogens is 286 g/mol. The van der Waals surface area contributed by atoms with E-state index in [1.807, 2.05) is 28.8 Å². The lowest BCUT2D eigenvalue weighted by molar-refractivity contribution is 0.0972. The molecule has 0 bridgehead atoms. The number of nitrogens with zero attached hydrogens (tertiary/aromatic N) is 3. The van der Waals surface area contributed by atoms with Crippen LogP contribution in [-0.2, 0) is 6.54 Å². The molecule has 0 saturated heterocycles. The first kappa shape index (κ1) is 15.0. The molecule has 0 aliphatic heterocycles. The molecule has 1 heterocycles. The average molecular weight is 303 g/mol. The van der Waals surface area contributed by atoms with Crippen LogP contribution in [0.4, 0.5) is 0 Å². The van der Waals surface area contributed by atoms with E-state index >= 15 is 0 Å². The van der Waals surface area contributed by atoms with Gasteiger partial charge in [-0.15, -0.1) is 0 Å². The van der Waals surface area contributed by atoms with E-state index in [0.717, 1.165) is 16.9 Å². The monoisotopic (exact) mass is 303 g/mol. The molecule has 0 amide bonds. The molecule has 1 aromatic heterocycles. The SMILES string of the molecule is CC(C)c1nc2ccccc2n1CC(=O)c1ccc(C#N)cc1. The Morgan fingerprint density at radius 3 is 2.52 bits per heavy atom. The number of Topliss-reactive ketones (excluding diaryl/α,β-unsaturated/α-hetero) is 1. The highest BCUT2D eigenvalue weighted by Gasteiger charge is 2.16. The summed E-state index contributed by atoms with van der Waals surface area (Å²) >= 11 is 0. The van der Waals surface area contributed by atoms with E-state index in [0.29, 0.717) is 11.1 Å². The minimum atomic E-state index is 0.0135. The van der Waals surface area contributed by atoms with Gasteiger partial charge >= 0.3 is 0 Å². The summed E-state index contributed by atoms with van der Waals surface area (Å²) in [7, 11) is 0. The number of carbonyl (C=O) groups excluding carboxylic acids is 1. The Bertz CT molecular complexity index is 899. The van der Waals surface area contributed by atoms with Crippen molar-refractivity contribution in [2.24, 2.45) is 0 Å². The number of hydrogen-bond acceptors (Lipinski definition) is 3. The van der Waals surface area contributed by atoms with E-state index in [2.05, 4.69) is 24.9 Å². The standard InChI is InChI=1S/C19H17N3O/c1-13(2)19-21-16-5-3-4-6-17(16)22(19)12-18(23)15-9-7-14(11-20)8-10-15/h3-10,13H,12H2,1-2H3. The van der Waals surface area contributed by atoms with Gasteiger partial charge < -0.3 is 4.57 Å². The second-order valence-corrected chi connectivity index (χ2v) is 5.81. The van der Waals surface area contributed by atoms with Gasteiger partial charge in [-0.2, -0.15) is 5.26 Å². The van der Waals surface area contributed by atoms with Crippen LogP contribution in [0.3, 0.4) is 0 Å². The Morgan fingerprint density at radius 2 is 1.87 bits per heavy atom. The van der Waals surface area contributed by atoms with Crippen LogP contribution in [0.15, 0.2) is 48.5 Å². The van der Waals surface area contributed by atoms with Crippen molar-refractivity contribution in [1.29, 1.82) is 5.26 Å². The largest absolute Gasteiger partial charge is 0.320 e. The van der Waals surface area contributed by atoms with Gasteiger partial charge in [0.1, 0.15) is 5.82 Å². The van der Waals surface area contributed by atoms with Crippen LogP contribution in [0, 0.1) is 11.3 Å². The topological polar surface area (TPSA) is 58.7 Å². The van der Waals surface area contributed by atoms with Crippen LogP contribution < -0.4 is 0 Å². The molecule has 4 nitrogen and oxygen atoms in total. The molecule has 0 radical (unpaired) electrons. The Balaban J connectivity index is 1.98. The summed E-state index contributed by atoms with van der Waals surface area (Å²) < 4.78 is 1.99. The number of ketones is 1. The highest BCUT2D eigenvalue weighted by molar-refractivity contribution is 5.96. The number of benzene rings is 2. The quantitative estimate of drug-likeness (QED) is 0.686. The lowest BCUT2D eigenvalue weighted by atomic mass is 10.1. The number of rotatable bonds is 4. The molecule has 2 aromatic carbocycles. The second kappa shape index (κ2) is 6.05. The van der Waals surface area contributed by atoms with Crippen LogP contribution in [-0.4, -0.2) is 15.3 Å². The first-order chi connectivity index (χ1) is 11.1. The number of fused-ring (bicyclic) bond motifs is 1. The van der Waals surface area contributed by atoms with Crippen LogP contribution in [0.1, 0.15) is 41.5 Å². The first-order valence-corrected chi connectivity index (χ1v) is 7.58. The lowest BCUT2D eigenvalue weighted by Gasteiger charge is -2.11. The van der Waals surface area contributed by atoms with E-state index in [-0.39, 0.29) is 18.2 Å². The van der Waals surface area contributed by atoms with Gasteiger partial charge in [0.15, 0.2) is 5.78 Å². The van der Waals surface area contributed by atoms with Crippen LogP contribution in [0.2, 0.25) is 0 Å². The summed E-state index contributed by atoms with van der Waals surface area (Å²) in [5, 5.41) is 8.84. The van der Waals surface area contributed by atoms with Crippen molar-refractivity contribution in [3.63, 3.8) is 0 Å². The molecule has 0 fully saturated rings. The van der Waals surface area contributed by atoms with Crippen molar-refractivity contribution in [2.45, 2.75) is 26.3 Å². The molecule has 3 aromatic rings. The molecular formula is C19H17N3O. The molecule has 114 valence electrons. The maximum absolute atomic E-state index is 12.6. The zero-order chi connectivity index (χ0) is 16.4. The van der Waals surface area contributed by atoms with Gasteiger partial charge in [0.25, 0.3) is 0 Å². The van der Waals surface area contributed by atoms with E-state index in [9.17, 15) is 4.79 Å². The van der Waals surface area contributed by atoms with Gasteiger partial charge in [-0.05, 0) is 24.3 Å². The first-order valence-electron chi connectivity index (χ1n) is 7.58. The van der Waals surface area contributed by atoms with Gasteiger partial charge in [0, 0.05) is 11.5 Å². The van der Waals surface area contributed by atoms with E-state index in [4.69, 9.17) is 5.26 Å². The minimum absolute atomic E-state index is 0.0135. The Labute approximate surface area is 135 Å². The molecule has 23 heavy (non-hydrogen) atoms. The molecule has 4 heteroatoms. The van der Waals surface area contributed by atoms with Crippen LogP contribution in [0.5, 0.6) is 0 Å². The summed E-state index contributed by atoms with van der Waals surface area (Å²) in [4.78, 5) is 17.3. The lowest BCUT2D eigenvalue weighted by Crippen LogP contribution is -2.14. The number of aromatic nitrogens is 2. The average Bonchev–Trinajstić information content (AvgIpc) is 2.94. The van der Waals surface area contributed by atoms with Crippen molar-refractivity contribution in [2.75, 3.05) is 0 Å².